The summed E-state index contributed by atoms with van der Waals surface area (Å²) >= 11 is 3.55. The number of hydrogen-bond acceptors (Lipinski definition) is 2. The van der Waals surface area contributed by atoms with Gasteiger partial charge in [0.1, 0.15) is 5.76 Å². The number of carbonyl (C=O) groups is 1. The second-order valence-electron chi connectivity index (χ2n) is 4.95. The molecule has 1 aliphatic rings. The minimum Gasteiger partial charge on any atom is -0.469 e. The quantitative estimate of drug-likeness (QED) is 0.848. The van der Waals surface area contributed by atoms with Crippen LogP contribution >= 0.6 is 15.9 Å². The molecule has 1 amide bonds. The van der Waals surface area contributed by atoms with E-state index >= 15 is 0 Å². The first-order valence-electron chi connectivity index (χ1n) is 6.67. The standard InChI is InChI=1S/C14H20BrNO2/c15-10-11-4-1-2-6-13(11)16-14(17)8-7-12-5-3-9-18-12/h3,5,9,11,13H,1-2,4,6-8,10H2,(H,16,17). The van der Waals surface area contributed by atoms with E-state index in [4.69, 9.17) is 4.42 Å². The maximum absolute atomic E-state index is 11.9. The molecule has 2 atom stereocenters. The third-order valence-corrected chi connectivity index (χ3v) is 4.46. The van der Waals surface area contributed by atoms with Gasteiger partial charge in [-0.3, -0.25) is 4.79 Å². The Morgan fingerprint density at radius 1 is 1.44 bits per heavy atom. The highest BCUT2D eigenvalue weighted by molar-refractivity contribution is 9.09. The lowest BCUT2D eigenvalue weighted by atomic mass is 9.86. The van der Waals surface area contributed by atoms with E-state index in [0.717, 1.165) is 17.5 Å². The molecule has 0 radical (unpaired) electrons. The first-order valence-corrected chi connectivity index (χ1v) is 7.79. The van der Waals surface area contributed by atoms with Crippen LogP contribution in [0.2, 0.25) is 0 Å². The number of furan rings is 1. The first kappa shape index (κ1) is 13.7. The predicted octanol–water partition coefficient (Wildman–Crippen LogP) is 3.28. The highest BCUT2D eigenvalue weighted by Crippen LogP contribution is 2.25. The van der Waals surface area contributed by atoms with Gasteiger partial charge in [-0.15, -0.1) is 0 Å². The fourth-order valence-electron chi connectivity index (χ4n) is 2.55. The number of hydrogen-bond donors (Lipinski definition) is 1. The summed E-state index contributed by atoms with van der Waals surface area (Å²) in [5.41, 5.74) is 0. The van der Waals surface area contributed by atoms with Gasteiger partial charge in [-0.25, -0.2) is 0 Å². The summed E-state index contributed by atoms with van der Waals surface area (Å²) in [5, 5.41) is 4.15. The summed E-state index contributed by atoms with van der Waals surface area (Å²) in [6, 6.07) is 4.12. The number of alkyl halides is 1. The normalized spacial score (nSPS) is 23.8. The second kappa shape index (κ2) is 6.98. The van der Waals surface area contributed by atoms with Gasteiger partial charge >= 0.3 is 0 Å². The van der Waals surface area contributed by atoms with Gasteiger partial charge in [-0.2, -0.15) is 0 Å². The van der Waals surface area contributed by atoms with Crippen LogP contribution in [0.4, 0.5) is 0 Å². The number of nitrogens with one attached hydrogen (secondary N) is 1. The molecule has 1 aromatic heterocycles. The van der Waals surface area contributed by atoms with Crippen LogP contribution in [-0.4, -0.2) is 17.3 Å². The summed E-state index contributed by atoms with van der Waals surface area (Å²) in [6.07, 6.45) is 7.69. The lowest BCUT2D eigenvalue weighted by molar-refractivity contribution is -0.122. The summed E-state index contributed by atoms with van der Waals surface area (Å²) in [6.45, 7) is 0. The van der Waals surface area contributed by atoms with Crippen LogP contribution in [0.15, 0.2) is 22.8 Å². The number of halogens is 1. The zero-order valence-electron chi connectivity index (χ0n) is 10.5. The molecule has 2 unspecified atom stereocenters. The van der Waals surface area contributed by atoms with E-state index in [0.29, 0.717) is 24.8 Å². The van der Waals surface area contributed by atoms with E-state index in [2.05, 4.69) is 21.2 Å². The molecule has 1 saturated carbocycles. The number of aryl methyl sites for hydroxylation is 1. The Kier molecular flexibility index (Phi) is 5.29. The van der Waals surface area contributed by atoms with Crippen molar-refractivity contribution in [1.29, 1.82) is 0 Å². The minimum absolute atomic E-state index is 0.143. The Labute approximate surface area is 116 Å². The topological polar surface area (TPSA) is 42.2 Å². The average Bonchev–Trinajstić information content (AvgIpc) is 2.90. The van der Waals surface area contributed by atoms with Gasteiger partial charge in [-0.05, 0) is 30.9 Å². The molecule has 1 N–H and O–H groups in total. The van der Waals surface area contributed by atoms with Crippen molar-refractivity contribution in [1.82, 2.24) is 5.32 Å². The van der Waals surface area contributed by atoms with Gasteiger partial charge in [0.25, 0.3) is 0 Å². The Balaban J connectivity index is 1.75. The monoisotopic (exact) mass is 313 g/mol. The van der Waals surface area contributed by atoms with Gasteiger partial charge in [0, 0.05) is 24.2 Å². The molecule has 2 rings (SSSR count). The van der Waals surface area contributed by atoms with Gasteiger partial charge in [0.15, 0.2) is 0 Å². The van der Waals surface area contributed by atoms with Crippen molar-refractivity contribution >= 4 is 21.8 Å². The van der Waals surface area contributed by atoms with Gasteiger partial charge in [-0.1, -0.05) is 28.8 Å². The van der Waals surface area contributed by atoms with Crippen LogP contribution in [0.5, 0.6) is 0 Å². The number of rotatable bonds is 5. The predicted molar refractivity (Wildman–Crippen MR) is 74.7 cm³/mol. The molecule has 18 heavy (non-hydrogen) atoms. The van der Waals surface area contributed by atoms with Crippen molar-refractivity contribution in [3.8, 4) is 0 Å². The van der Waals surface area contributed by atoms with E-state index in [1.165, 1.54) is 19.3 Å². The highest BCUT2D eigenvalue weighted by Gasteiger charge is 2.25. The molecule has 0 saturated heterocycles. The van der Waals surface area contributed by atoms with Crippen LogP contribution < -0.4 is 5.32 Å². The van der Waals surface area contributed by atoms with E-state index in [1.54, 1.807) is 6.26 Å². The van der Waals surface area contributed by atoms with Crippen molar-refractivity contribution in [2.45, 2.75) is 44.6 Å². The Hall–Kier alpha value is -0.770. The Bertz CT molecular complexity index is 364. The number of amides is 1. The third kappa shape index (κ3) is 3.87. The zero-order valence-corrected chi connectivity index (χ0v) is 12.1. The summed E-state index contributed by atoms with van der Waals surface area (Å²) in [4.78, 5) is 11.9. The molecule has 100 valence electrons. The van der Waals surface area contributed by atoms with Crippen LogP contribution in [0, 0.1) is 5.92 Å². The van der Waals surface area contributed by atoms with Crippen LogP contribution in [0.1, 0.15) is 37.9 Å². The van der Waals surface area contributed by atoms with E-state index in [1.807, 2.05) is 12.1 Å². The molecule has 4 heteroatoms. The molecule has 0 spiro atoms. The molecule has 1 fully saturated rings. The molecular weight excluding hydrogens is 294 g/mol. The van der Waals surface area contributed by atoms with Crippen LogP contribution in [0.25, 0.3) is 0 Å². The average molecular weight is 314 g/mol. The Morgan fingerprint density at radius 3 is 3.00 bits per heavy atom. The second-order valence-corrected chi connectivity index (χ2v) is 5.60. The highest BCUT2D eigenvalue weighted by atomic mass is 79.9. The molecule has 0 bridgehead atoms. The van der Waals surface area contributed by atoms with Crippen molar-refractivity contribution in [3.05, 3.63) is 24.2 Å². The molecular formula is C14H20BrNO2. The van der Waals surface area contributed by atoms with Crippen LogP contribution in [-0.2, 0) is 11.2 Å². The zero-order chi connectivity index (χ0) is 12.8. The van der Waals surface area contributed by atoms with Gasteiger partial charge in [0.2, 0.25) is 5.91 Å². The lowest BCUT2D eigenvalue weighted by Crippen LogP contribution is -2.42. The molecule has 1 heterocycles. The Morgan fingerprint density at radius 2 is 2.28 bits per heavy atom. The van der Waals surface area contributed by atoms with Crippen molar-refractivity contribution in [3.63, 3.8) is 0 Å². The molecule has 3 nitrogen and oxygen atoms in total. The number of carbonyl (C=O) groups excluding carboxylic acids is 1. The van der Waals surface area contributed by atoms with Crippen molar-refractivity contribution in [2.24, 2.45) is 5.92 Å². The third-order valence-electron chi connectivity index (χ3n) is 3.63. The van der Waals surface area contributed by atoms with Gasteiger partial charge < -0.3 is 9.73 Å². The summed E-state index contributed by atoms with van der Waals surface area (Å²) < 4.78 is 5.23. The maximum atomic E-state index is 11.9. The van der Waals surface area contributed by atoms with E-state index in [-0.39, 0.29) is 5.91 Å². The first-order chi connectivity index (χ1) is 8.79. The molecule has 0 aromatic carbocycles. The lowest BCUT2D eigenvalue weighted by Gasteiger charge is -2.31. The molecule has 0 aliphatic heterocycles. The van der Waals surface area contributed by atoms with Crippen molar-refractivity contribution < 1.29 is 9.21 Å². The molecule has 1 aromatic rings. The van der Waals surface area contributed by atoms with E-state index in [9.17, 15) is 4.79 Å². The fraction of sp³-hybridized carbons (Fsp3) is 0.643. The maximum Gasteiger partial charge on any atom is 0.220 e. The minimum atomic E-state index is 0.143. The summed E-state index contributed by atoms with van der Waals surface area (Å²) in [7, 11) is 0. The smallest absolute Gasteiger partial charge is 0.220 e. The van der Waals surface area contributed by atoms with Gasteiger partial charge in [0.05, 0.1) is 6.26 Å². The summed E-state index contributed by atoms with van der Waals surface area (Å²) in [5.74, 6) is 1.61. The van der Waals surface area contributed by atoms with E-state index < -0.39 is 0 Å². The SMILES string of the molecule is O=C(CCc1ccco1)NC1CCCCC1CBr. The largest absolute Gasteiger partial charge is 0.469 e. The molecule has 1 aliphatic carbocycles. The van der Waals surface area contributed by atoms with Crippen LogP contribution in [0.3, 0.4) is 0 Å². The van der Waals surface area contributed by atoms with Crippen molar-refractivity contribution in [2.75, 3.05) is 5.33 Å². The fourth-order valence-corrected chi connectivity index (χ4v) is 3.33.